The minimum absolute atomic E-state index is 0.634. The lowest BCUT2D eigenvalue weighted by molar-refractivity contribution is 0.155. The number of thiazole rings is 1. The number of rotatable bonds is 5. The van der Waals surface area contributed by atoms with Gasteiger partial charge in [0.05, 0.1) is 6.54 Å². The van der Waals surface area contributed by atoms with Crippen molar-refractivity contribution in [1.82, 2.24) is 20.5 Å². The van der Waals surface area contributed by atoms with Gasteiger partial charge in [-0.2, -0.15) is 0 Å². The summed E-state index contributed by atoms with van der Waals surface area (Å²) in [7, 11) is 0. The monoisotopic (exact) mass is 320 g/mol. The Hall–Kier alpha value is -0.490. The molecule has 1 aliphatic carbocycles. The lowest BCUT2D eigenvalue weighted by Gasteiger charge is -2.33. The van der Waals surface area contributed by atoms with E-state index >= 15 is 0 Å². The van der Waals surface area contributed by atoms with Gasteiger partial charge in [0.2, 0.25) is 0 Å². The highest BCUT2D eigenvalue weighted by molar-refractivity contribution is 7.09. The number of piperidine rings is 2. The fourth-order valence-corrected chi connectivity index (χ4v) is 5.15. The number of nitrogens with zero attached hydrogens (tertiary/aromatic N) is 2. The normalized spacial score (nSPS) is 28.3. The van der Waals surface area contributed by atoms with Gasteiger partial charge in [0.1, 0.15) is 5.01 Å². The maximum absolute atomic E-state index is 4.55. The van der Waals surface area contributed by atoms with Gasteiger partial charge in [-0.3, -0.25) is 4.90 Å². The maximum Gasteiger partial charge on any atom is 0.107 e. The van der Waals surface area contributed by atoms with Crippen molar-refractivity contribution in [3.8, 4) is 0 Å². The molecule has 1 aromatic rings. The molecule has 4 nitrogen and oxygen atoms in total. The summed E-state index contributed by atoms with van der Waals surface area (Å²) in [4.78, 5) is 7.34. The first kappa shape index (κ1) is 15.1. The Kier molecular flexibility index (Phi) is 4.49. The summed E-state index contributed by atoms with van der Waals surface area (Å²) >= 11 is 1.82. The second kappa shape index (κ2) is 6.56. The van der Waals surface area contributed by atoms with Gasteiger partial charge < -0.3 is 10.6 Å². The first-order valence-electron chi connectivity index (χ1n) is 8.90. The molecule has 1 aromatic heterocycles. The predicted molar refractivity (Wildman–Crippen MR) is 91.1 cm³/mol. The number of hydrogen-bond acceptors (Lipinski definition) is 5. The van der Waals surface area contributed by atoms with E-state index in [1.165, 1.54) is 69.8 Å². The standard InChI is InChI=1S/C17H28N4S/c1-5-18-6-2-14(1)12-21(13-16-20-9-10-22-16)15-11-17(15)3-7-19-8-4-17/h9-10,14-15,18-19H,1-8,11-13H2. The third kappa shape index (κ3) is 3.23. The summed E-state index contributed by atoms with van der Waals surface area (Å²) in [5, 5.41) is 10.4. The Morgan fingerprint density at radius 2 is 1.95 bits per heavy atom. The third-order valence-corrected chi connectivity index (χ3v) is 6.72. The zero-order valence-corrected chi connectivity index (χ0v) is 14.2. The summed E-state index contributed by atoms with van der Waals surface area (Å²) in [6, 6.07) is 0.813. The zero-order valence-electron chi connectivity index (χ0n) is 13.4. The van der Waals surface area contributed by atoms with Gasteiger partial charge in [-0.15, -0.1) is 11.3 Å². The molecule has 122 valence electrons. The largest absolute Gasteiger partial charge is 0.317 e. The number of nitrogens with one attached hydrogen (secondary N) is 2. The SMILES string of the molecule is c1csc(CN(CC2CCNCC2)C2CC23CCNCC3)n1. The van der Waals surface area contributed by atoms with Crippen LogP contribution in [0.3, 0.4) is 0 Å². The van der Waals surface area contributed by atoms with E-state index in [2.05, 4.69) is 25.9 Å². The van der Waals surface area contributed by atoms with Crippen LogP contribution in [0.25, 0.3) is 0 Å². The van der Waals surface area contributed by atoms with E-state index in [1.54, 1.807) is 0 Å². The van der Waals surface area contributed by atoms with Crippen molar-refractivity contribution in [2.24, 2.45) is 11.3 Å². The Morgan fingerprint density at radius 3 is 2.68 bits per heavy atom. The highest BCUT2D eigenvalue weighted by Crippen LogP contribution is 2.56. The molecule has 0 amide bonds. The molecule has 1 saturated carbocycles. The topological polar surface area (TPSA) is 40.2 Å². The quantitative estimate of drug-likeness (QED) is 0.871. The molecule has 2 N–H and O–H groups in total. The fourth-order valence-electron chi connectivity index (χ4n) is 4.51. The minimum Gasteiger partial charge on any atom is -0.317 e. The molecule has 0 bridgehead atoms. The zero-order chi connectivity index (χ0) is 14.8. The molecule has 0 aromatic carbocycles. The van der Waals surface area contributed by atoms with Gasteiger partial charge in [0, 0.05) is 24.2 Å². The van der Waals surface area contributed by atoms with Crippen LogP contribution in [0.4, 0.5) is 0 Å². The second-order valence-electron chi connectivity index (χ2n) is 7.38. The Morgan fingerprint density at radius 1 is 1.18 bits per heavy atom. The molecule has 1 spiro atoms. The van der Waals surface area contributed by atoms with Crippen molar-refractivity contribution in [2.75, 3.05) is 32.7 Å². The van der Waals surface area contributed by atoms with Crippen LogP contribution >= 0.6 is 11.3 Å². The van der Waals surface area contributed by atoms with Crippen molar-refractivity contribution in [3.05, 3.63) is 16.6 Å². The molecule has 3 heterocycles. The average molecular weight is 321 g/mol. The Labute approximate surface area is 137 Å². The first-order valence-corrected chi connectivity index (χ1v) is 9.78. The molecular weight excluding hydrogens is 292 g/mol. The molecule has 22 heavy (non-hydrogen) atoms. The molecule has 0 radical (unpaired) electrons. The summed E-state index contributed by atoms with van der Waals surface area (Å²) in [5.41, 5.74) is 0.634. The van der Waals surface area contributed by atoms with Crippen molar-refractivity contribution in [2.45, 2.75) is 44.7 Å². The van der Waals surface area contributed by atoms with E-state index in [9.17, 15) is 0 Å². The number of aromatic nitrogens is 1. The van der Waals surface area contributed by atoms with Gasteiger partial charge in [0.25, 0.3) is 0 Å². The van der Waals surface area contributed by atoms with Crippen LogP contribution in [-0.2, 0) is 6.54 Å². The van der Waals surface area contributed by atoms with E-state index < -0.39 is 0 Å². The molecule has 3 aliphatic rings. The van der Waals surface area contributed by atoms with Crippen LogP contribution in [0.2, 0.25) is 0 Å². The minimum atomic E-state index is 0.634. The maximum atomic E-state index is 4.55. The fraction of sp³-hybridized carbons (Fsp3) is 0.824. The lowest BCUT2D eigenvalue weighted by Crippen LogP contribution is -2.40. The average Bonchev–Trinajstić information content (AvgIpc) is 2.99. The molecule has 2 saturated heterocycles. The summed E-state index contributed by atoms with van der Waals surface area (Å²) < 4.78 is 0. The molecule has 3 fully saturated rings. The van der Waals surface area contributed by atoms with Crippen molar-refractivity contribution < 1.29 is 0 Å². The molecular formula is C17H28N4S. The van der Waals surface area contributed by atoms with Gasteiger partial charge in [-0.1, -0.05) is 0 Å². The van der Waals surface area contributed by atoms with E-state index in [0.29, 0.717) is 5.41 Å². The van der Waals surface area contributed by atoms with E-state index in [-0.39, 0.29) is 0 Å². The van der Waals surface area contributed by atoms with Crippen molar-refractivity contribution >= 4 is 11.3 Å². The van der Waals surface area contributed by atoms with Gasteiger partial charge in [-0.25, -0.2) is 4.98 Å². The van der Waals surface area contributed by atoms with Crippen LogP contribution in [0.5, 0.6) is 0 Å². The van der Waals surface area contributed by atoms with Crippen LogP contribution in [0.1, 0.15) is 37.1 Å². The van der Waals surface area contributed by atoms with Crippen LogP contribution in [0.15, 0.2) is 11.6 Å². The first-order chi connectivity index (χ1) is 10.9. The van der Waals surface area contributed by atoms with Crippen molar-refractivity contribution in [1.29, 1.82) is 0 Å². The lowest BCUT2D eigenvalue weighted by atomic mass is 9.92. The predicted octanol–water partition coefficient (Wildman–Crippen LogP) is 2.09. The Bertz CT molecular complexity index is 463. The van der Waals surface area contributed by atoms with E-state index in [1.807, 2.05) is 17.5 Å². The summed E-state index contributed by atoms with van der Waals surface area (Å²) in [6.45, 7) is 7.19. The van der Waals surface area contributed by atoms with Gasteiger partial charge in [0.15, 0.2) is 0 Å². The van der Waals surface area contributed by atoms with Crippen LogP contribution < -0.4 is 10.6 Å². The second-order valence-corrected chi connectivity index (χ2v) is 8.36. The highest BCUT2D eigenvalue weighted by Gasteiger charge is 2.56. The summed E-state index contributed by atoms with van der Waals surface area (Å²) in [5.74, 6) is 0.876. The highest BCUT2D eigenvalue weighted by atomic mass is 32.1. The van der Waals surface area contributed by atoms with Crippen molar-refractivity contribution in [3.63, 3.8) is 0 Å². The molecule has 5 heteroatoms. The smallest absolute Gasteiger partial charge is 0.107 e. The summed E-state index contributed by atoms with van der Waals surface area (Å²) in [6.07, 6.45) is 8.81. The van der Waals surface area contributed by atoms with Gasteiger partial charge >= 0.3 is 0 Å². The molecule has 4 rings (SSSR count). The van der Waals surface area contributed by atoms with Gasteiger partial charge in [-0.05, 0) is 69.6 Å². The molecule has 2 aliphatic heterocycles. The van der Waals surface area contributed by atoms with Crippen LogP contribution in [-0.4, -0.2) is 48.6 Å². The molecule has 1 atom stereocenters. The number of hydrogen-bond donors (Lipinski definition) is 2. The Balaban J connectivity index is 1.43. The third-order valence-electron chi connectivity index (χ3n) is 5.96. The molecule has 1 unspecified atom stereocenters. The van der Waals surface area contributed by atoms with E-state index in [4.69, 9.17) is 0 Å². The van der Waals surface area contributed by atoms with Crippen LogP contribution in [0, 0.1) is 11.3 Å². The van der Waals surface area contributed by atoms with E-state index in [0.717, 1.165) is 18.5 Å².